The molecule has 0 atom stereocenters. The first-order chi connectivity index (χ1) is 10.3. The number of hydrogen-bond acceptors (Lipinski definition) is 3. The number of aliphatic carboxylic acids is 1. The molecule has 0 aliphatic rings. The molecule has 7 heteroatoms. The van der Waals surface area contributed by atoms with Crippen molar-refractivity contribution >= 4 is 33.3 Å². The molecule has 2 aromatic rings. The van der Waals surface area contributed by atoms with E-state index in [-0.39, 0.29) is 11.3 Å². The van der Waals surface area contributed by atoms with E-state index in [0.717, 1.165) is 0 Å². The molecule has 22 heavy (non-hydrogen) atoms. The quantitative estimate of drug-likeness (QED) is 0.876. The molecule has 0 saturated carbocycles. The van der Waals surface area contributed by atoms with Gasteiger partial charge < -0.3 is 5.11 Å². The van der Waals surface area contributed by atoms with E-state index in [1.807, 2.05) is 0 Å². The Morgan fingerprint density at radius 3 is 2.59 bits per heavy atom. The van der Waals surface area contributed by atoms with Crippen molar-refractivity contribution in [1.82, 2.24) is 0 Å². The molecule has 5 nitrogen and oxygen atoms in total. The van der Waals surface area contributed by atoms with Crippen molar-refractivity contribution < 1.29 is 18.3 Å². The first-order valence-electron chi connectivity index (χ1n) is 6.37. The monoisotopic (exact) mass is 339 g/mol. The van der Waals surface area contributed by atoms with Crippen LogP contribution in [0.3, 0.4) is 0 Å². The second kappa shape index (κ2) is 6.37. The van der Waals surface area contributed by atoms with Crippen LogP contribution in [0.1, 0.15) is 11.1 Å². The van der Waals surface area contributed by atoms with Gasteiger partial charge in [-0.3, -0.25) is 9.52 Å². The molecule has 2 rings (SSSR count). The average Bonchev–Trinajstić information content (AvgIpc) is 2.36. The number of carboxylic acids is 1. The predicted molar refractivity (Wildman–Crippen MR) is 84.8 cm³/mol. The third kappa shape index (κ3) is 3.99. The van der Waals surface area contributed by atoms with Gasteiger partial charge in [-0.15, -0.1) is 0 Å². The summed E-state index contributed by atoms with van der Waals surface area (Å²) in [6, 6.07) is 10.8. The van der Waals surface area contributed by atoms with Gasteiger partial charge in [0.05, 0.1) is 11.3 Å². The van der Waals surface area contributed by atoms with Crippen molar-refractivity contribution in [2.24, 2.45) is 0 Å². The van der Waals surface area contributed by atoms with E-state index >= 15 is 0 Å². The van der Waals surface area contributed by atoms with Crippen LogP contribution in [0.25, 0.3) is 0 Å². The van der Waals surface area contributed by atoms with E-state index in [4.69, 9.17) is 16.7 Å². The van der Waals surface area contributed by atoms with E-state index in [1.54, 1.807) is 31.2 Å². The Morgan fingerprint density at radius 2 is 1.95 bits per heavy atom. The van der Waals surface area contributed by atoms with Crippen LogP contribution in [0.15, 0.2) is 47.4 Å². The van der Waals surface area contributed by atoms with E-state index in [0.29, 0.717) is 21.8 Å². The highest BCUT2D eigenvalue weighted by molar-refractivity contribution is 7.92. The van der Waals surface area contributed by atoms with Crippen LogP contribution in [0.5, 0.6) is 0 Å². The van der Waals surface area contributed by atoms with Gasteiger partial charge in [-0.1, -0.05) is 23.7 Å². The fraction of sp³-hybridized carbons (Fsp3) is 0.133. The van der Waals surface area contributed by atoms with Crippen molar-refractivity contribution in [2.75, 3.05) is 4.72 Å². The van der Waals surface area contributed by atoms with E-state index in [9.17, 15) is 13.2 Å². The molecule has 0 saturated heterocycles. The molecule has 0 radical (unpaired) electrons. The van der Waals surface area contributed by atoms with Gasteiger partial charge in [0.15, 0.2) is 0 Å². The lowest BCUT2D eigenvalue weighted by Crippen LogP contribution is -2.14. The van der Waals surface area contributed by atoms with Gasteiger partial charge in [0.25, 0.3) is 10.0 Å². The van der Waals surface area contributed by atoms with Crippen LogP contribution in [0.2, 0.25) is 5.02 Å². The molecule has 0 unspecified atom stereocenters. The van der Waals surface area contributed by atoms with Gasteiger partial charge >= 0.3 is 5.97 Å². The summed E-state index contributed by atoms with van der Waals surface area (Å²) in [6.07, 6.45) is -0.171. The highest BCUT2D eigenvalue weighted by atomic mass is 35.5. The summed E-state index contributed by atoms with van der Waals surface area (Å²) < 4.78 is 27.2. The Balaban J connectivity index is 2.30. The second-order valence-corrected chi connectivity index (χ2v) is 6.87. The number of sulfonamides is 1. The lowest BCUT2D eigenvalue weighted by atomic mass is 10.1. The average molecular weight is 340 g/mol. The summed E-state index contributed by atoms with van der Waals surface area (Å²) in [7, 11) is -3.76. The van der Waals surface area contributed by atoms with Crippen LogP contribution < -0.4 is 4.72 Å². The third-order valence-corrected chi connectivity index (χ3v) is 4.74. The maximum absolute atomic E-state index is 12.4. The van der Waals surface area contributed by atoms with E-state index in [1.165, 1.54) is 18.2 Å². The van der Waals surface area contributed by atoms with Crippen molar-refractivity contribution in [3.05, 3.63) is 58.6 Å². The fourth-order valence-electron chi connectivity index (χ4n) is 2.04. The minimum atomic E-state index is -3.76. The van der Waals surface area contributed by atoms with E-state index < -0.39 is 16.0 Å². The normalized spacial score (nSPS) is 11.2. The summed E-state index contributed by atoms with van der Waals surface area (Å²) in [5.41, 5.74) is 1.36. The summed E-state index contributed by atoms with van der Waals surface area (Å²) in [6.45, 7) is 1.65. The number of hydrogen-bond donors (Lipinski definition) is 2. The molecule has 2 N–H and O–H groups in total. The van der Waals surface area contributed by atoms with Crippen LogP contribution in [0.4, 0.5) is 5.69 Å². The van der Waals surface area contributed by atoms with Crippen molar-refractivity contribution in [1.29, 1.82) is 0 Å². The number of halogens is 1. The summed E-state index contributed by atoms with van der Waals surface area (Å²) in [5, 5.41) is 9.24. The molecule has 2 aromatic carbocycles. The Kier molecular flexibility index (Phi) is 4.73. The summed E-state index contributed by atoms with van der Waals surface area (Å²) in [4.78, 5) is 10.8. The van der Waals surface area contributed by atoms with Crippen LogP contribution in [0, 0.1) is 6.92 Å². The SMILES string of the molecule is Cc1cc(Cl)ccc1S(=O)(=O)Nc1cccc(CC(=O)O)c1. The number of rotatable bonds is 5. The number of nitrogens with one attached hydrogen (secondary N) is 1. The number of benzene rings is 2. The molecule has 0 aromatic heterocycles. The molecule has 0 heterocycles. The maximum Gasteiger partial charge on any atom is 0.307 e. The van der Waals surface area contributed by atoms with Gasteiger partial charge in [0, 0.05) is 10.7 Å². The van der Waals surface area contributed by atoms with Crippen LogP contribution >= 0.6 is 11.6 Å². The molecular formula is C15H14ClNO4S. The maximum atomic E-state index is 12.4. The molecular weight excluding hydrogens is 326 g/mol. The van der Waals surface area contributed by atoms with Crippen LogP contribution in [-0.4, -0.2) is 19.5 Å². The Morgan fingerprint density at radius 1 is 1.23 bits per heavy atom. The zero-order chi connectivity index (χ0) is 16.3. The number of anilines is 1. The van der Waals surface area contributed by atoms with Gasteiger partial charge in [-0.25, -0.2) is 8.42 Å². The van der Waals surface area contributed by atoms with Crippen molar-refractivity contribution in [3.63, 3.8) is 0 Å². The first kappa shape index (κ1) is 16.3. The molecule has 0 aliphatic heterocycles. The van der Waals surface area contributed by atoms with Crippen LogP contribution in [-0.2, 0) is 21.2 Å². The topological polar surface area (TPSA) is 83.5 Å². The Bertz CT molecular complexity index is 818. The lowest BCUT2D eigenvalue weighted by Gasteiger charge is -2.11. The first-order valence-corrected chi connectivity index (χ1v) is 8.24. The predicted octanol–water partition coefficient (Wildman–Crippen LogP) is 3.08. The zero-order valence-electron chi connectivity index (χ0n) is 11.7. The zero-order valence-corrected chi connectivity index (χ0v) is 13.3. The molecule has 0 bridgehead atoms. The smallest absolute Gasteiger partial charge is 0.307 e. The number of aryl methyl sites for hydroxylation is 1. The Labute approximate surface area is 133 Å². The summed E-state index contributed by atoms with van der Waals surface area (Å²) in [5.74, 6) is -0.978. The fourth-order valence-corrected chi connectivity index (χ4v) is 3.55. The lowest BCUT2D eigenvalue weighted by molar-refractivity contribution is -0.136. The highest BCUT2D eigenvalue weighted by Crippen LogP contribution is 2.22. The second-order valence-electron chi connectivity index (χ2n) is 4.79. The van der Waals surface area contributed by atoms with E-state index in [2.05, 4.69) is 4.72 Å². The Hall–Kier alpha value is -2.05. The minimum absolute atomic E-state index is 0.125. The summed E-state index contributed by atoms with van der Waals surface area (Å²) >= 11 is 5.83. The van der Waals surface area contributed by atoms with Crippen molar-refractivity contribution in [3.8, 4) is 0 Å². The molecule has 0 fully saturated rings. The standard InChI is InChI=1S/C15H14ClNO4S/c1-10-7-12(16)5-6-14(10)22(20,21)17-13-4-2-3-11(8-13)9-15(18)19/h2-8,17H,9H2,1H3,(H,18,19). The number of carboxylic acid groups (broad SMARTS) is 1. The van der Waals surface area contributed by atoms with Crippen molar-refractivity contribution in [2.45, 2.75) is 18.2 Å². The molecule has 116 valence electrons. The number of carbonyl (C=O) groups is 1. The molecule has 0 spiro atoms. The van der Waals surface area contributed by atoms with Gasteiger partial charge in [-0.05, 0) is 48.4 Å². The molecule has 0 aliphatic carbocycles. The van der Waals surface area contributed by atoms with Gasteiger partial charge in [0.2, 0.25) is 0 Å². The van der Waals surface area contributed by atoms with Gasteiger partial charge in [0.1, 0.15) is 0 Å². The molecule has 0 amide bonds. The van der Waals surface area contributed by atoms with Gasteiger partial charge in [-0.2, -0.15) is 0 Å². The largest absolute Gasteiger partial charge is 0.481 e. The third-order valence-electron chi connectivity index (χ3n) is 2.96. The highest BCUT2D eigenvalue weighted by Gasteiger charge is 2.17. The minimum Gasteiger partial charge on any atom is -0.481 e.